The third-order valence-corrected chi connectivity index (χ3v) is 6.65. The van der Waals surface area contributed by atoms with Crippen LogP contribution in [-0.4, -0.2) is 61.1 Å². The molecule has 0 aromatic heterocycles. The number of piperazine rings is 1. The van der Waals surface area contributed by atoms with Gasteiger partial charge in [-0.2, -0.15) is 0 Å². The predicted molar refractivity (Wildman–Crippen MR) is 131 cm³/mol. The molecular weight excluding hydrogens is 465 g/mol. The van der Waals surface area contributed by atoms with Gasteiger partial charge >= 0.3 is 5.97 Å². The quantitative estimate of drug-likeness (QED) is 0.506. The zero-order valence-electron chi connectivity index (χ0n) is 20.2. The number of fused-ring (bicyclic) bond motifs is 1. The molecule has 1 fully saturated rings. The number of amides is 2. The van der Waals surface area contributed by atoms with Gasteiger partial charge in [0.25, 0.3) is 11.8 Å². The number of anilines is 1. The number of rotatable bonds is 3. The highest BCUT2D eigenvalue weighted by Gasteiger charge is 2.38. The van der Waals surface area contributed by atoms with Crippen molar-refractivity contribution in [3.63, 3.8) is 0 Å². The zero-order chi connectivity index (χ0) is 25.6. The number of ether oxygens (including phenoxy) is 2. The van der Waals surface area contributed by atoms with Gasteiger partial charge in [-0.1, -0.05) is 12.1 Å². The fourth-order valence-corrected chi connectivity index (χ4v) is 4.82. The summed E-state index contributed by atoms with van der Waals surface area (Å²) in [5, 5.41) is 5.75. The molecule has 3 aliphatic rings. The Morgan fingerprint density at radius 1 is 1.17 bits per heavy atom. The Bertz CT molecular complexity index is 1330. The van der Waals surface area contributed by atoms with Crippen LogP contribution in [0.5, 0.6) is 0 Å². The molecule has 5 rings (SSSR count). The minimum atomic E-state index is -0.733. The van der Waals surface area contributed by atoms with Crippen molar-refractivity contribution in [3.8, 4) is 0 Å². The van der Waals surface area contributed by atoms with E-state index < -0.39 is 23.4 Å². The Hall–Kier alpha value is -3.98. The fourth-order valence-electron chi connectivity index (χ4n) is 4.82. The maximum Gasteiger partial charge on any atom is 0.324 e. The molecule has 3 heterocycles. The van der Waals surface area contributed by atoms with Crippen LogP contribution in [0.25, 0.3) is 11.1 Å². The van der Waals surface area contributed by atoms with Crippen LogP contribution in [0.2, 0.25) is 0 Å². The number of nitrogens with one attached hydrogen (secondary N) is 2. The van der Waals surface area contributed by atoms with Gasteiger partial charge in [-0.15, -0.1) is 0 Å². The number of nitrogens with zero attached hydrogens (tertiary/aromatic N) is 1. The highest BCUT2D eigenvalue weighted by molar-refractivity contribution is 6.32. The number of allylic oxidation sites excluding steroid dienone is 1. The molecule has 2 aromatic rings. The molecule has 0 saturated carbocycles. The molecule has 0 aliphatic carbocycles. The van der Waals surface area contributed by atoms with Gasteiger partial charge in [-0.25, -0.2) is 4.39 Å². The molecule has 0 spiro atoms. The van der Waals surface area contributed by atoms with Crippen molar-refractivity contribution in [2.45, 2.75) is 25.5 Å². The monoisotopic (exact) mass is 491 g/mol. The second kappa shape index (κ2) is 8.91. The molecular formula is C27H26FN3O5. The number of methoxy groups -OCH3 is 1. The highest BCUT2D eigenvalue weighted by Crippen LogP contribution is 2.44. The zero-order valence-corrected chi connectivity index (χ0v) is 20.2. The van der Waals surface area contributed by atoms with E-state index in [0.717, 1.165) is 11.1 Å². The van der Waals surface area contributed by atoms with E-state index >= 15 is 0 Å². The first-order valence-electron chi connectivity index (χ1n) is 11.7. The normalized spacial score (nSPS) is 22.4. The number of hydrogen-bond donors (Lipinski definition) is 2. The van der Waals surface area contributed by atoms with E-state index in [2.05, 4.69) is 10.6 Å². The summed E-state index contributed by atoms with van der Waals surface area (Å²) >= 11 is 0. The van der Waals surface area contributed by atoms with Crippen LogP contribution in [0, 0.1) is 5.82 Å². The molecule has 1 atom stereocenters. The number of esters is 1. The van der Waals surface area contributed by atoms with Crippen molar-refractivity contribution >= 4 is 34.6 Å². The lowest BCUT2D eigenvalue weighted by Gasteiger charge is -2.32. The molecule has 36 heavy (non-hydrogen) atoms. The molecule has 1 saturated heterocycles. The van der Waals surface area contributed by atoms with E-state index in [9.17, 15) is 18.8 Å². The Kier molecular flexibility index (Phi) is 5.88. The lowest BCUT2D eigenvalue weighted by molar-refractivity contribution is -0.144. The van der Waals surface area contributed by atoms with Crippen molar-refractivity contribution in [1.29, 1.82) is 0 Å². The Morgan fingerprint density at radius 3 is 2.64 bits per heavy atom. The summed E-state index contributed by atoms with van der Waals surface area (Å²) in [4.78, 5) is 39.2. The van der Waals surface area contributed by atoms with Gasteiger partial charge in [0, 0.05) is 36.3 Å². The third kappa shape index (κ3) is 4.15. The topological polar surface area (TPSA) is 97.0 Å². The van der Waals surface area contributed by atoms with Gasteiger partial charge in [0.15, 0.2) is 0 Å². The van der Waals surface area contributed by atoms with E-state index in [1.165, 1.54) is 19.2 Å². The minimum absolute atomic E-state index is 0.165. The number of benzene rings is 2. The van der Waals surface area contributed by atoms with Crippen LogP contribution in [0.1, 0.15) is 35.3 Å². The number of carbonyl (C=O) groups excluding carboxylic acids is 3. The molecule has 8 nitrogen and oxygen atoms in total. The van der Waals surface area contributed by atoms with Crippen LogP contribution >= 0.6 is 0 Å². The summed E-state index contributed by atoms with van der Waals surface area (Å²) < 4.78 is 24.6. The third-order valence-electron chi connectivity index (χ3n) is 6.65. The van der Waals surface area contributed by atoms with Gasteiger partial charge in [0.1, 0.15) is 23.2 Å². The molecule has 2 amide bonds. The van der Waals surface area contributed by atoms with E-state index in [0.29, 0.717) is 41.2 Å². The van der Waals surface area contributed by atoms with Crippen molar-refractivity contribution < 1.29 is 28.2 Å². The van der Waals surface area contributed by atoms with Gasteiger partial charge < -0.3 is 25.0 Å². The molecule has 9 heteroatoms. The summed E-state index contributed by atoms with van der Waals surface area (Å²) in [7, 11) is 1.32. The first-order valence-corrected chi connectivity index (χ1v) is 11.7. The van der Waals surface area contributed by atoms with Crippen LogP contribution in [0.4, 0.5) is 10.1 Å². The smallest absolute Gasteiger partial charge is 0.324 e. The molecule has 186 valence electrons. The van der Waals surface area contributed by atoms with Crippen molar-refractivity contribution in [2.24, 2.45) is 0 Å². The molecule has 2 N–H and O–H groups in total. The lowest BCUT2D eigenvalue weighted by Crippen LogP contribution is -2.56. The van der Waals surface area contributed by atoms with Gasteiger partial charge in [0.2, 0.25) is 0 Å². The average Bonchev–Trinajstić information content (AvgIpc) is 3.36. The first kappa shape index (κ1) is 23.7. The van der Waals surface area contributed by atoms with E-state index in [1.54, 1.807) is 23.1 Å². The molecule has 2 aromatic carbocycles. The molecule has 0 radical (unpaired) electrons. The maximum atomic E-state index is 13.6. The van der Waals surface area contributed by atoms with Crippen molar-refractivity contribution in [1.82, 2.24) is 10.2 Å². The predicted octanol–water partition coefficient (Wildman–Crippen LogP) is 2.97. The van der Waals surface area contributed by atoms with Crippen LogP contribution < -0.4 is 10.6 Å². The molecule has 3 aliphatic heterocycles. The van der Waals surface area contributed by atoms with Gasteiger partial charge in [-0.05, 0) is 55.8 Å². The summed E-state index contributed by atoms with van der Waals surface area (Å²) in [6.07, 6.45) is 1.82. The fraction of sp³-hybridized carbons (Fsp3) is 0.296. The van der Waals surface area contributed by atoms with Crippen molar-refractivity contribution in [3.05, 3.63) is 76.8 Å². The highest BCUT2D eigenvalue weighted by atomic mass is 19.1. The number of halogens is 1. The summed E-state index contributed by atoms with van der Waals surface area (Å²) in [5.74, 6) is -0.928. The second-order valence-corrected chi connectivity index (χ2v) is 9.41. The first-order chi connectivity index (χ1) is 17.2. The van der Waals surface area contributed by atoms with E-state index in [-0.39, 0.29) is 18.4 Å². The van der Waals surface area contributed by atoms with Gasteiger partial charge in [0.05, 0.1) is 18.4 Å². The van der Waals surface area contributed by atoms with E-state index in [1.807, 2.05) is 32.1 Å². The maximum absolute atomic E-state index is 13.6. The number of carbonyl (C=O) groups is 3. The summed E-state index contributed by atoms with van der Waals surface area (Å²) in [5.41, 5.74) is 2.83. The summed E-state index contributed by atoms with van der Waals surface area (Å²) in [6, 6.07) is 10.8. The summed E-state index contributed by atoms with van der Waals surface area (Å²) in [6.45, 7) is 5.03. The van der Waals surface area contributed by atoms with Crippen LogP contribution in [0.15, 0.2) is 54.3 Å². The molecule has 1 unspecified atom stereocenters. The molecule has 0 bridgehead atoms. The lowest BCUT2D eigenvalue weighted by atomic mass is 9.91. The second-order valence-electron chi connectivity index (χ2n) is 9.41. The Labute approximate surface area is 207 Å². The largest absolute Gasteiger partial charge is 0.482 e. The standard InChI is InChI=1S/C27H26FN3O5/c1-27(2)19(13-22(36-27)23-18-9-8-17(28)12-20(18)30-24(23)32)15-4-6-16(7-5-15)25(33)31-11-10-29-21(14-31)26(34)35-3/h4-9,12-13,21,29H,10-11,14H2,1-3H3,(H,30,32). The van der Waals surface area contributed by atoms with Crippen molar-refractivity contribution in [2.75, 3.05) is 32.1 Å². The number of hydrogen-bond acceptors (Lipinski definition) is 6. The Morgan fingerprint density at radius 2 is 1.92 bits per heavy atom. The average molecular weight is 492 g/mol. The minimum Gasteiger partial charge on any atom is -0.482 e. The van der Waals surface area contributed by atoms with Gasteiger partial charge in [-0.3, -0.25) is 14.4 Å². The van der Waals surface area contributed by atoms with E-state index in [4.69, 9.17) is 9.47 Å². The van der Waals surface area contributed by atoms with Crippen LogP contribution in [-0.2, 0) is 19.1 Å². The Balaban J connectivity index is 1.41. The SMILES string of the molecule is COC(=O)C1CN(C(=O)c2ccc(C3=CC(=C4C(=O)Nc5cc(F)ccc54)OC3(C)C)cc2)CCN1. The van der Waals surface area contributed by atoms with Crippen LogP contribution in [0.3, 0.4) is 0 Å².